The summed E-state index contributed by atoms with van der Waals surface area (Å²) in [5.41, 5.74) is 0.411. The summed E-state index contributed by atoms with van der Waals surface area (Å²) in [6.45, 7) is 5.17. The monoisotopic (exact) mass is 293 g/mol. The van der Waals surface area contributed by atoms with Gasteiger partial charge in [0.15, 0.2) is 0 Å². The highest BCUT2D eigenvalue weighted by Gasteiger charge is 2.35. The van der Waals surface area contributed by atoms with Crippen molar-refractivity contribution in [1.82, 2.24) is 4.90 Å². The minimum Gasteiger partial charge on any atom is -0.390 e. The minimum atomic E-state index is -0.642. The van der Waals surface area contributed by atoms with Gasteiger partial charge in [-0.2, -0.15) is 0 Å². The quantitative estimate of drug-likeness (QED) is 0.871. The third kappa shape index (κ3) is 3.55. The second-order valence-corrected chi connectivity index (χ2v) is 6.75. The van der Waals surface area contributed by atoms with Crippen LogP contribution in [0.4, 0.5) is 0 Å². The summed E-state index contributed by atoms with van der Waals surface area (Å²) in [6, 6.07) is 8.15. The highest BCUT2D eigenvalue weighted by molar-refractivity contribution is 7.98. The predicted octanol–water partition coefficient (Wildman–Crippen LogP) is 2.57. The Balaban J connectivity index is 1.95. The number of amides is 1. The number of hydrogen-bond donors (Lipinski definition) is 1. The van der Waals surface area contributed by atoms with Crippen molar-refractivity contribution in [2.75, 3.05) is 19.3 Å². The van der Waals surface area contributed by atoms with Crippen molar-refractivity contribution in [3.05, 3.63) is 29.8 Å². The van der Waals surface area contributed by atoms with Gasteiger partial charge in [-0.25, -0.2) is 0 Å². The lowest BCUT2D eigenvalue weighted by molar-refractivity contribution is -0.137. The number of rotatable bonds is 3. The number of carbonyl (C=O) groups is 1. The zero-order valence-electron chi connectivity index (χ0n) is 12.4. The number of thioether (sulfide) groups is 1. The van der Waals surface area contributed by atoms with Crippen molar-refractivity contribution in [1.29, 1.82) is 0 Å². The summed E-state index contributed by atoms with van der Waals surface area (Å²) in [6.07, 6.45) is 3.15. The molecule has 3 nitrogen and oxygen atoms in total. The number of benzene rings is 1. The number of aliphatic hydroxyl groups is 1. The van der Waals surface area contributed by atoms with Gasteiger partial charge in [0.1, 0.15) is 0 Å². The van der Waals surface area contributed by atoms with Crippen LogP contribution in [0.1, 0.15) is 25.8 Å². The summed E-state index contributed by atoms with van der Waals surface area (Å²) in [5.74, 6) is 0.281. The van der Waals surface area contributed by atoms with Gasteiger partial charge in [0.05, 0.1) is 12.0 Å². The Morgan fingerprint density at radius 2 is 2.10 bits per heavy atom. The van der Waals surface area contributed by atoms with E-state index in [2.05, 4.69) is 12.1 Å². The van der Waals surface area contributed by atoms with Crippen LogP contribution in [0.5, 0.6) is 0 Å². The van der Waals surface area contributed by atoms with Crippen LogP contribution in [0.3, 0.4) is 0 Å². The van der Waals surface area contributed by atoms with Crippen LogP contribution < -0.4 is 0 Å². The number of likely N-dealkylation sites (tertiary alicyclic amines) is 1. The van der Waals surface area contributed by atoms with E-state index in [1.54, 1.807) is 11.8 Å². The number of carbonyl (C=O) groups excluding carboxylic acids is 1. The Morgan fingerprint density at radius 3 is 2.65 bits per heavy atom. The summed E-state index contributed by atoms with van der Waals surface area (Å²) in [4.78, 5) is 15.4. The van der Waals surface area contributed by atoms with E-state index >= 15 is 0 Å². The second kappa shape index (κ2) is 6.19. The summed E-state index contributed by atoms with van der Waals surface area (Å²) in [7, 11) is 0. The van der Waals surface area contributed by atoms with E-state index in [-0.39, 0.29) is 11.8 Å². The Hall–Kier alpha value is -1.00. The molecular formula is C16H23NO2S. The predicted molar refractivity (Wildman–Crippen MR) is 82.9 cm³/mol. The molecule has 20 heavy (non-hydrogen) atoms. The Kier molecular flexibility index (Phi) is 4.76. The molecule has 2 rings (SSSR count). The largest absolute Gasteiger partial charge is 0.390 e. The standard InChI is InChI=1S/C16H23NO2S/c1-12-11-17(9-8-16(12,2)19)15(18)10-13-4-6-14(20-3)7-5-13/h4-7,12,19H,8-11H2,1-3H3. The normalized spacial score (nSPS) is 26.6. The third-order valence-electron chi connectivity index (χ3n) is 4.31. The second-order valence-electron chi connectivity index (χ2n) is 5.87. The molecule has 4 heteroatoms. The van der Waals surface area contributed by atoms with E-state index in [9.17, 15) is 9.90 Å². The number of piperidine rings is 1. The Morgan fingerprint density at radius 1 is 1.45 bits per heavy atom. The molecule has 0 bridgehead atoms. The first kappa shape index (κ1) is 15.4. The first-order valence-corrected chi connectivity index (χ1v) is 8.28. The van der Waals surface area contributed by atoms with Crippen molar-refractivity contribution >= 4 is 17.7 Å². The molecule has 0 spiro atoms. The lowest BCUT2D eigenvalue weighted by Gasteiger charge is -2.41. The molecule has 1 amide bonds. The van der Waals surface area contributed by atoms with E-state index in [1.165, 1.54) is 4.90 Å². The van der Waals surface area contributed by atoms with Crippen LogP contribution in [-0.2, 0) is 11.2 Å². The molecule has 1 aliphatic rings. The topological polar surface area (TPSA) is 40.5 Å². The van der Waals surface area contributed by atoms with Gasteiger partial charge in [0, 0.05) is 23.9 Å². The van der Waals surface area contributed by atoms with Crippen molar-refractivity contribution in [2.45, 2.75) is 37.2 Å². The van der Waals surface area contributed by atoms with Crippen LogP contribution in [0.25, 0.3) is 0 Å². The van der Waals surface area contributed by atoms with Crippen LogP contribution in [0.2, 0.25) is 0 Å². The van der Waals surface area contributed by atoms with E-state index in [0.29, 0.717) is 25.9 Å². The number of nitrogens with zero attached hydrogens (tertiary/aromatic N) is 1. The molecule has 110 valence electrons. The molecule has 1 aromatic rings. The van der Waals surface area contributed by atoms with Crippen LogP contribution in [-0.4, -0.2) is 40.9 Å². The average Bonchev–Trinajstić information content (AvgIpc) is 2.42. The van der Waals surface area contributed by atoms with E-state index in [4.69, 9.17) is 0 Å². The van der Waals surface area contributed by atoms with Crippen LogP contribution in [0, 0.1) is 5.92 Å². The molecule has 1 aliphatic heterocycles. The van der Waals surface area contributed by atoms with Crippen LogP contribution in [0.15, 0.2) is 29.2 Å². The Bertz CT molecular complexity index is 470. The maximum absolute atomic E-state index is 12.3. The van der Waals surface area contributed by atoms with Gasteiger partial charge in [-0.1, -0.05) is 19.1 Å². The van der Waals surface area contributed by atoms with E-state index in [0.717, 1.165) is 5.56 Å². The van der Waals surface area contributed by atoms with E-state index < -0.39 is 5.60 Å². The highest BCUT2D eigenvalue weighted by Crippen LogP contribution is 2.27. The molecule has 0 aliphatic carbocycles. The van der Waals surface area contributed by atoms with Gasteiger partial charge < -0.3 is 10.0 Å². The van der Waals surface area contributed by atoms with Gasteiger partial charge in [-0.3, -0.25) is 4.79 Å². The Labute approximate surface area is 125 Å². The van der Waals surface area contributed by atoms with Crippen molar-refractivity contribution in [3.8, 4) is 0 Å². The minimum absolute atomic E-state index is 0.124. The molecule has 2 unspecified atom stereocenters. The molecule has 0 aromatic heterocycles. The fourth-order valence-corrected chi connectivity index (χ4v) is 2.89. The lowest BCUT2D eigenvalue weighted by atomic mass is 9.84. The van der Waals surface area contributed by atoms with Crippen LogP contribution >= 0.6 is 11.8 Å². The number of hydrogen-bond acceptors (Lipinski definition) is 3. The third-order valence-corrected chi connectivity index (χ3v) is 5.05. The SMILES string of the molecule is CSc1ccc(CC(=O)N2CCC(C)(O)C(C)C2)cc1. The van der Waals surface area contributed by atoms with Crippen molar-refractivity contribution in [2.24, 2.45) is 5.92 Å². The maximum Gasteiger partial charge on any atom is 0.227 e. The first-order chi connectivity index (χ1) is 9.42. The first-order valence-electron chi connectivity index (χ1n) is 7.05. The fraction of sp³-hybridized carbons (Fsp3) is 0.562. The molecule has 2 atom stereocenters. The van der Waals surface area contributed by atoms with Gasteiger partial charge in [-0.05, 0) is 37.3 Å². The molecule has 1 saturated heterocycles. The zero-order valence-corrected chi connectivity index (χ0v) is 13.2. The maximum atomic E-state index is 12.3. The molecule has 1 fully saturated rings. The van der Waals surface area contributed by atoms with E-state index in [1.807, 2.05) is 37.1 Å². The van der Waals surface area contributed by atoms with Gasteiger partial charge in [-0.15, -0.1) is 11.8 Å². The zero-order chi connectivity index (χ0) is 14.8. The molecule has 1 heterocycles. The average molecular weight is 293 g/mol. The molecule has 1 aromatic carbocycles. The highest BCUT2D eigenvalue weighted by atomic mass is 32.2. The van der Waals surface area contributed by atoms with Gasteiger partial charge in [0.2, 0.25) is 5.91 Å². The van der Waals surface area contributed by atoms with Crippen molar-refractivity contribution in [3.63, 3.8) is 0 Å². The fourth-order valence-electron chi connectivity index (χ4n) is 2.48. The summed E-state index contributed by atoms with van der Waals surface area (Å²) >= 11 is 1.70. The molecular weight excluding hydrogens is 270 g/mol. The molecule has 0 saturated carbocycles. The summed E-state index contributed by atoms with van der Waals surface area (Å²) in [5, 5.41) is 10.1. The van der Waals surface area contributed by atoms with Gasteiger partial charge >= 0.3 is 0 Å². The molecule has 0 radical (unpaired) electrons. The van der Waals surface area contributed by atoms with Gasteiger partial charge in [0.25, 0.3) is 0 Å². The lowest BCUT2D eigenvalue weighted by Crippen LogP contribution is -2.51. The summed E-state index contributed by atoms with van der Waals surface area (Å²) < 4.78 is 0. The molecule has 1 N–H and O–H groups in total. The van der Waals surface area contributed by atoms with Crippen molar-refractivity contribution < 1.29 is 9.90 Å². The smallest absolute Gasteiger partial charge is 0.227 e.